The van der Waals surface area contributed by atoms with Crippen LogP contribution in [-0.2, 0) is 0 Å². The summed E-state index contributed by atoms with van der Waals surface area (Å²) in [5.41, 5.74) is 5.81. The lowest BCUT2D eigenvalue weighted by molar-refractivity contribution is 0.178. The third kappa shape index (κ3) is 2.82. The Hall–Kier alpha value is -1.37. The second-order valence-electron chi connectivity index (χ2n) is 3.95. The number of likely N-dealkylation sites (N-methyl/N-ethyl adjacent to an activating group) is 1. The summed E-state index contributed by atoms with van der Waals surface area (Å²) in [4.78, 5) is 6.61. The van der Waals surface area contributed by atoms with E-state index in [9.17, 15) is 0 Å². The summed E-state index contributed by atoms with van der Waals surface area (Å²) in [6.45, 7) is 4.14. The van der Waals surface area contributed by atoms with Crippen LogP contribution in [0.1, 0.15) is 0 Å². The number of piperazine rings is 1. The monoisotopic (exact) mass is 222 g/mol. The molecule has 0 bridgehead atoms. The Morgan fingerprint density at radius 1 is 1.19 bits per heavy atom. The minimum Gasteiger partial charge on any atom is -0.308 e. The van der Waals surface area contributed by atoms with Crippen LogP contribution in [0, 0.1) is 0 Å². The van der Waals surface area contributed by atoms with E-state index in [0.29, 0.717) is 5.82 Å². The van der Waals surface area contributed by atoms with Gasteiger partial charge in [-0.15, -0.1) is 0 Å². The maximum atomic E-state index is 5.31. The molecule has 0 saturated carbocycles. The molecule has 2 rings (SSSR count). The molecule has 0 aliphatic carbocycles. The van der Waals surface area contributed by atoms with Crippen molar-refractivity contribution in [1.82, 2.24) is 14.9 Å². The van der Waals surface area contributed by atoms with Crippen molar-refractivity contribution in [1.29, 1.82) is 0 Å². The van der Waals surface area contributed by atoms with Crippen LogP contribution in [0.15, 0.2) is 18.2 Å². The largest absolute Gasteiger partial charge is 0.308 e. The average molecular weight is 222 g/mol. The van der Waals surface area contributed by atoms with Gasteiger partial charge in [0.15, 0.2) is 0 Å². The summed E-state index contributed by atoms with van der Waals surface area (Å²) in [5, 5.41) is 2.17. The fraction of sp³-hybridized carbons (Fsp3) is 0.500. The molecule has 6 nitrogen and oxygen atoms in total. The molecule has 0 atom stereocenters. The minimum atomic E-state index is 0.666. The number of nitrogens with zero attached hydrogens (tertiary/aromatic N) is 3. The molecule has 4 N–H and O–H groups in total. The Balaban J connectivity index is 1.93. The average Bonchev–Trinajstić information content (AvgIpc) is 2.32. The zero-order chi connectivity index (χ0) is 11.4. The number of aromatic nitrogens is 1. The van der Waals surface area contributed by atoms with Crippen LogP contribution >= 0.6 is 0 Å². The normalized spacial score (nSPS) is 18.4. The number of nitrogens with one attached hydrogen (secondary N) is 2. The quantitative estimate of drug-likeness (QED) is 0.492. The third-order valence-electron chi connectivity index (χ3n) is 2.67. The Kier molecular flexibility index (Phi) is 3.55. The second-order valence-corrected chi connectivity index (χ2v) is 3.95. The molecular formula is C10H18N6. The molecular weight excluding hydrogens is 204 g/mol. The van der Waals surface area contributed by atoms with Crippen molar-refractivity contribution in [3.63, 3.8) is 0 Å². The molecule has 1 aliphatic rings. The lowest BCUT2D eigenvalue weighted by atomic mass is 10.4. The number of nitrogens with two attached hydrogens (primary N) is 1. The van der Waals surface area contributed by atoms with Gasteiger partial charge in [-0.05, 0) is 19.2 Å². The first-order valence-electron chi connectivity index (χ1n) is 5.42. The number of hydrazine groups is 2. The lowest BCUT2D eigenvalue weighted by Crippen LogP contribution is -2.47. The first kappa shape index (κ1) is 11.1. The summed E-state index contributed by atoms with van der Waals surface area (Å²) in [6, 6.07) is 5.68. The van der Waals surface area contributed by atoms with Crippen molar-refractivity contribution < 1.29 is 0 Å². The number of rotatable bonds is 3. The number of anilines is 2. The Morgan fingerprint density at radius 3 is 2.56 bits per heavy atom. The summed E-state index contributed by atoms with van der Waals surface area (Å²) in [7, 11) is 2.13. The van der Waals surface area contributed by atoms with Crippen molar-refractivity contribution >= 4 is 11.6 Å². The fourth-order valence-electron chi connectivity index (χ4n) is 1.66. The lowest BCUT2D eigenvalue weighted by Gasteiger charge is -2.32. The van der Waals surface area contributed by atoms with Crippen molar-refractivity contribution in [2.24, 2.45) is 5.84 Å². The predicted octanol–water partition coefficient (Wildman–Crippen LogP) is -0.0585. The first-order chi connectivity index (χ1) is 7.78. The highest BCUT2D eigenvalue weighted by atomic mass is 15.5. The van der Waals surface area contributed by atoms with E-state index < -0.39 is 0 Å². The highest BCUT2D eigenvalue weighted by molar-refractivity contribution is 5.43. The zero-order valence-corrected chi connectivity index (χ0v) is 9.48. The maximum absolute atomic E-state index is 5.31. The highest BCUT2D eigenvalue weighted by Gasteiger charge is 2.13. The maximum Gasteiger partial charge on any atom is 0.142 e. The van der Waals surface area contributed by atoms with E-state index in [1.165, 1.54) is 0 Å². The van der Waals surface area contributed by atoms with E-state index in [4.69, 9.17) is 5.84 Å². The predicted molar refractivity (Wildman–Crippen MR) is 64.7 cm³/mol. The van der Waals surface area contributed by atoms with E-state index in [1.54, 1.807) is 0 Å². The van der Waals surface area contributed by atoms with Crippen molar-refractivity contribution in [3.05, 3.63) is 18.2 Å². The molecule has 16 heavy (non-hydrogen) atoms. The molecule has 1 saturated heterocycles. The highest BCUT2D eigenvalue weighted by Crippen LogP contribution is 2.09. The zero-order valence-electron chi connectivity index (χ0n) is 9.48. The van der Waals surface area contributed by atoms with Gasteiger partial charge in [0.05, 0.1) is 0 Å². The number of hydrogen-bond donors (Lipinski definition) is 3. The van der Waals surface area contributed by atoms with E-state index in [1.807, 2.05) is 18.2 Å². The third-order valence-corrected chi connectivity index (χ3v) is 2.67. The van der Waals surface area contributed by atoms with Crippen LogP contribution in [0.4, 0.5) is 11.6 Å². The topological polar surface area (TPSA) is 69.5 Å². The molecule has 6 heteroatoms. The number of pyridine rings is 1. The van der Waals surface area contributed by atoms with E-state index >= 15 is 0 Å². The van der Waals surface area contributed by atoms with Gasteiger partial charge >= 0.3 is 0 Å². The summed E-state index contributed by atoms with van der Waals surface area (Å²) >= 11 is 0. The van der Waals surface area contributed by atoms with Crippen LogP contribution < -0.4 is 16.7 Å². The molecule has 0 unspecified atom stereocenters. The standard InChI is InChI=1S/C10H18N6/c1-15-5-7-16(8-6-15)14-10-4-2-3-9(12-10)13-11/h2-4H,5-8,11H2,1H3,(H2,12,13,14). The van der Waals surface area contributed by atoms with Crippen molar-refractivity contribution in [3.8, 4) is 0 Å². The molecule has 88 valence electrons. The smallest absolute Gasteiger partial charge is 0.142 e. The van der Waals surface area contributed by atoms with Crippen LogP contribution in [-0.4, -0.2) is 48.1 Å². The number of hydrogen-bond acceptors (Lipinski definition) is 6. The molecule has 1 aromatic heterocycles. The van der Waals surface area contributed by atoms with Gasteiger partial charge in [0.25, 0.3) is 0 Å². The van der Waals surface area contributed by atoms with Crippen molar-refractivity contribution in [2.45, 2.75) is 0 Å². The first-order valence-corrected chi connectivity index (χ1v) is 5.42. The minimum absolute atomic E-state index is 0.666. The summed E-state index contributed by atoms with van der Waals surface area (Å²) in [6.07, 6.45) is 0. The molecule has 0 spiro atoms. The van der Waals surface area contributed by atoms with Gasteiger partial charge in [-0.2, -0.15) is 0 Å². The Bertz CT molecular complexity index is 334. The molecule has 2 heterocycles. The van der Waals surface area contributed by atoms with Gasteiger partial charge in [-0.25, -0.2) is 15.8 Å². The molecule has 1 fully saturated rings. The molecule has 1 aliphatic heterocycles. The molecule has 0 radical (unpaired) electrons. The Labute approximate surface area is 95.4 Å². The summed E-state index contributed by atoms with van der Waals surface area (Å²) < 4.78 is 0. The molecule has 0 aromatic carbocycles. The van der Waals surface area contributed by atoms with E-state index in [0.717, 1.165) is 32.0 Å². The van der Waals surface area contributed by atoms with Crippen LogP contribution in [0.5, 0.6) is 0 Å². The van der Waals surface area contributed by atoms with Gasteiger partial charge in [0.1, 0.15) is 11.6 Å². The van der Waals surface area contributed by atoms with Gasteiger partial charge in [-0.1, -0.05) is 6.07 Å². The van der Waals surface area contributed by atoms with E-state index in [-0.39, 0.29) is 0 Å². The van der Waals surface area contributed by atoms with Crippen LogP contribution in [0.25, 0.3) is 0 Å². The van der Waals surface area contributed by atoms with Gasteiger partial charge < -0.3 is 15.8 Å². The Morgan fingerprint density at radius 2 is 1.88 bits per heavy atom. The SMILES string of the molecule is CN1CCN(Nc2cccc(NN)n2)CC1. The van der Waals surface area contributed by atoms with Gasteiger partial charge in [-0.3, -0.25) is 0 Å². The fourth-order valence-corrected chi connectivity index (χ4v) is 1.66. The van der Waals surface area contributed by atoms with Crippen LogP contribution in [0.3, 0.4) is 0 Å². The van der Waals surface area contributed by atoms with E-state index in [2.05, 4.69) is 32.8 Å². The van der Waals surface area contributed by atoms with Gasteiger partial charge in [0, 0.05) is 26.2 Å². The molecule has 1 aromatic rings. The number of nitrogen functional groups attached to an aromatic ring is 1. The van der Waals surface area contributed by atoms with Gasteiger partial charge in [0.2, 0.25) is 0 Å². The second kappa shape index (κ2) is 5.11. The van der Waals surface area contributed by atoms with Crippen molar-refractivity contribution in [2.75, 3.05) is 44.1 Å². The summed E-state index contributed by atoms with van der Waals surface area (Å²) in [5.74, 6) is 6.79. The molecule has 0 amide bonds. The van der Waals surface area contributed by atoms with Crippen LogP contribution in [0.2, 0.25) is 0 Å².